The minimum Gasteiger partial charge on any atom is -0.449 e. The van der Waals surface area contributed by atoms with Crippen LogP contribution in [0.4, 0.5) is 10.5 Å². The van der Waals surface area contributed by atoms with Gasteiger partial charge in [-0.2, -0.15) is 0 Å². The Bertz CT molecular complexity index is 934. The number of carbonyl (C=O) groups excluding carboxylic acids is 2. The van der Waals surface area contributed by atoms with Gasteiger partial charge in [-0.05, 0) is 29.7 Å². The molecule has 0 aliphatic rings. The van der Waals surface area contributed by atoms with Crippen LogP contribution in [0.15, 0.2) is 60.8 Å². The third-order valence-electron chi connectivity index (χ3n) is 4.30. The number of hydrogen-bond donors (Lipinski definition) is 3. The van der Waals surface area contributed by atoms with Gasteiger partial charge in [-0.25, -0.2) is 4.79 Å². The Kier molecular flexibility index (Phi) is 6.32. The predicted molar refractivity (Wildman–Crippen MR) is 110 cm³/mol. The molecule has 0 unspecified atom stereocenters. The number of aromatic nitrogens is 1. The largest absolute Gasteiger partial charge is 0.449 e. The molecule has 3 aromatic rings. The SMILES string of the molecule is CC(C)COC(=O)N[C@@H](Cc1c[nH]c2ccccc12)C(=O)Nc1ccccc1. The normalized spacial score (nSPS) is 12.0. The van der Waals surface area contributed by atoms with Gasteiger partial charge in [0.2, 0.25) is 5.91 Å². The van der Waals surface area contributed by atoms with Gasteiger partial charge in [-0.3, -0.25) is 4.79 Å². The third-order valence-corrected chi connectivity index (χ3v) is 4.30. The summed E-state index contributed by atoms with van der Waals surface area (Å²) in [7, 11) is 0. The Morgan fingerprint density at radius 2 is 1.75 bits per heavy atom. The second-order valence-electron chi connectivity index (χ2n) is 7.11. The molecule has 0 fully saturated rings. The van der Waals surface area contributed by atoms with Crippen LogP contribution in [-0.4, -0.2) is 29.6 Å². The maximum Gasteiger partial charge on any atom is 0.407 e. The molecule has 0 aliphatic heterocycles. The Morgan fingerprint density at radius 1 is 1.04 bits per heavy atom. The number of anilines is 1. The van der Waals surface area contributed by atoms with Crippen LogP contribution < -0.4 is 10.6 Å². The number of aromatic amines is 1. The Hall–Kier alpha value is -3.28. The van der Waals surface area contributed by atoms with E-state index in [-0.39, 0.29) is 11.8 Å². The van der Waals surface area contributed by atoms with Crippen molar-refractivity contribution in [3.63, 3.8) is 0 Å². The van der Waals surface area contributed by atoms with E-state index in [1.54, 1.807) is 12.1 Å². The average Bonchev–Trinajstić information content (AvgIpc) is 3.09. The van der Waals surface area contributed by atoms with Crippen LogP contribution in [-0.2, 0) is 16.0 Å². The molecular weight excluding hydrogens is 354 g/mol. The quantitative estimate of drug-likeness (QED) is 0.578. The number of rotatable bonds is 7. The van der Waals surface area contributed by atoms with Crippen LogP contribution in [0, 0.1) is 5.92 Å². The maximum absolute atomic E-state index is 12.9. The molecule has 0 aliphatic carbocycles. The van der Waals surface area contributed by atoms with Crippen molar-refractivity contribution >= 4 is 28.6 Å². The van der Waals surface area contributed by atoms with Crippen LogP contribution in [0.2, 0.25) is 0 Å². The molecule has 28 heavy (non-hydrogen) atoms. The first-order valence-corrected chi connectivity index (χ1v) is 9.37. The average molecular weight is 379 g/mol. The first kappa shape index (κ1) is 19.5. The highest BCUT2D eigenvalue weighted by atomic mass is 16.5. The highest BCUT2D eigenvalue weighted by Crippen LogP contribution is 2.19. The minimum absolute atomic E-state index is 0.218. The summed E-state index contributed by atoms with van der Waals surface area (Å²) in [4.78, 5) is 28.2. The lowest BCUT2D eigenvalue weighted by atomic mass is 10.0. The van der Waals surface area contributed by atoms with Crippen LogP contribution in [0.5, 0.6) is 0 Å². The lowest BCUT2D eigenvalue weighted by Crippen LogP contribution is -2.45. The second kappa shape index (κ2) is 9.08. The molecule has 6 heteroatoms. The highest BCUT2D eigenvalue weighted by molar-refractivity contribution is 5.97. The van der Waals surface area contributed by atoms with Crippen molar-refractivity contribution in [1.82, 2.24) is 10.3 Å². The Balaban J connectivity index is 1.77. The number of ether oxygens (including phenoxy) is 1. The fraction of sp³-hybridized carbons (Fsp3) is 0.273. The Labute approximate surface area is 164 Å². The lowest BCUT2D eigenvalue weighted by molar-refractivity contribution is -0.118. The number of nitrogens with one attached hydrogen (secondary N) is 3. The number of amides is 2. The van der Waals surface area contributed by atoms with Gasteiger partial charge in [0.05, 0.1) is 6.61 Å². The van der Waals surface area contributed by atoms with Gasteiger partial charge in [0.15, 0.2) is 0 Å². The summed E-state index contributed by atoms with van der Waals surface area (Å²) >= 11 is 0. The van der Waals surface area contributed by atoms with Gasteiger partial charge in [-0.1, -0.05) is 50.2 Å². The fourth-order valence-electron chi connectivity index (χ4n) is 2.91. The summed E-state index contributed by atoms with van der Waals surface area (Å²) in [6.45, 7) is 4.21. The second-order valence-corrected chi connectivity index (χ2v) is 7.11. The molecule has 3 N–H and O–H groups in total. The van der Waals surface area contributed by atoms with E-state index in [1.807, 2.05) is 62.5 Å². The minimum atomic E-state index is -0.765. The van der Waals surface area contributed by atoms with E-state index in [9.17, 15) is 9.59 Å². The van der Waals surface area contributed by atoms with E-state index in [0.29, 0.717) is 18.7 Å². The number of hydrogen-bond acceptors (Lipinski definition) is 3. The third kappa shape index (κ3) is 5.13. The molecule has 1 atom stereocenters. The summed E-state index contributed by atoms with van der Waals surface area (Å²) in [6, 6.07) is 16.3. The van der Waals surface area contributed by atoms with Gasteiger partial charge < -0.3 is 20.4 Å². The van der Waals surface area contributed by atoms with E-state index in [2.05, 4.69) is 15.6 Å². The summed E-state index contributed by atoms with van der Waals surface area (Å²) in [5.74, 6) is -0.0751. The molecule has 1 aromatic heterocycles. The molecule has 6 nitrogen and oxygen atoms in total. The van der Waals surface area contributed by atoms with Gasteiger partial charge in [-0.15, -0.1) is 0 Å². The standard InChI is InChI=1S/C22H25N3O3/c1-15(2)14-28-22(27)25-20(21(26)24-17-8-4-3-5-9-17)12-16-13-23-19-11-7-6-10-18(16)19/h3-11,13,15,20,23H,12,14H2,1-2H3,(H,24,26)(H,25,27)/t20-/m0/s1. The zero-order valence-corrected chi connectivity index (χ0v) is 16.1. The van der Waals surface area contributed by atoms with Crippen molar-refractivity contribution in [2.24, 2.45) is 5.92 Å². The van der Waals surface area contributed by atoms with Crippen molar-refractivity contribution < 1.29 is 14.3 Å². The van der Waals surface area contributed by atoms with Crippen molar-refractivity contribution in [1.29, 1.82) is 0 Å². The van der Waals surface area contributed by atoms with E-state index in [1.165, 1.54) is 0 Å². The molecule has 1 heterocycles. The predicted octanol–water partition coefficient (Wildman–Crippen LogP) is 4.10. The van der Waals surface area contributed by atoms with Gasteiger partial charge in [0.1, 0.15) is 6.04 Å². The molecule has 0 bridgehead atoms. The topological polar surface area (TPSA) is 83.2 Å². The monoisotopic (exact) mass is 379 g/mol. The Morgan fingerprint density at radius 3 is 2.50 bits per heavy atom. The number of benzene rings is 2. The summed E-state index contributed by atoms with van der Waals surface area (Å²) < 4.78 is 5.20. The smallest absolute Gasteiger partial charge is 0.407 e. The van der Waals surface area contributed by atoms with Crippen molar-refractivity contribution in [2.75, 3.05) is 11.9 Å². The van der Waals surface area contributed by atoms with Crippen LogP contribution in [0.3, 0.4) is 0 Å². The zero-order chi connectivity index (χ0) is 19.9. The van der Waals surface area contributed by atoms with Crippen LogP contribution in [0.1, 0.15) is 19.4 Å². The molecule has 2 aromatic carbocycles. The molecule has 146 valence electrons. The van der Waals surface area contributed by atoms with E-state index < -0.39 is 12.1 Å². The summed E-state index contributed by atoms with van der Waals surface area (Å²) in [5.41, 5.74) is 2.61. The van der Waals surface area contributed by atoms with Gasteiger partial charge in [0.25, 0.3) is 0 Å². The van der Waals surface area contributed by atoms with Crippen molar-refractivity contribution in [2.45, 2.75) is 26.3 Å². The highest BCUT2D eigenvalue weighted by Gasteiger charge is 2.23. The summed E-state index contributed by atoms with van der Waals surface area (Å²) in [5, 5.41) is 6.59. The number of para-hydroxylation sites is 2. The van der Waals surface area contributed by atoms with Crippen LogP contribution in [0.25, 0.3) is 10.9 Å². The number of carbonyl (C=O) groups is 2. The maximum atomic E-state index is 12.9. The number of H-pyrrole nitrogens is 1. The van der Waals surface area contributed by atoms with E-state index in [4.69, 9.17) is 4.74 Å². The lowest BCUT2D eigenvalue weighted by Gasteiger charge is -2.19. The van der Waals surface area contributed by atoms with Crippen LogP contribution >= 0.6 is 0 Å². The molecule has 0 radical (unpaired) electrons. The first-order valence-electron chi connectivity index (χ1n) is 9.37. The fourth-order valence-corrected chi connectivity index (χ4v) is 2.91. The number of fused-ring (bicyclic) bond motifs is 1. The molecular formula is C22H25N3O3. The first-order chi connectivity index (χ1) is 13.5. The molecule has 0 saturated carbocycles. The van der Waals surface area contributed by atoms with Gasteiger partial charge >= 0.3 is 6.09 Å². The van der Waals surface area contributed by atoms with E-state index >= 15 is 0 Å². The van der Waals surface area contributed by atoms with Crippen molar-refractivity contribution in [3.8, 4) is 0 Å². The molecule has 2 amide bonds. The van der Waals surface area contributed by atoms with E-state index in [0.717, 1.165) is 16.5 Å². The number of alkyl carbamates (subject to hydrolysis) is 1. The van der Waals surface area contributed by atoms with Gasteiger partial charge in [0, 0.05) is 29.2 Å². The molecule has 0 spiro atoms. The summed E-state index contributed by atoms with van der Waals surface area (Å²) in [6.07, 6.45) is 1.62. The molecule has 3 rings (SSSR count). The zero-order valence-electron chi connectivity index (χ0n) is 16.1. The van der Waals surface area contributed by atoms with Crippen molar-refractivity contribution in [3.05, 3.63) is 66.4 Å². The molecule has 0 saturated heterocycles.